The van der Waals surface area contributed by atoms with Gasteiger partial charge in [-0.05, 0) is 37.4 Å². The van der Waals surface area contributed by atoms with Gasteiger partial charge >= 0.3 is 5.97 Å². The van der Waals surface area contributed by atoms with E-state index in [1.54, 1.807) is 12.4 Å². The molecule has 1 aromatic carbocycles. The molecule has 15 nitrogen and oxygen atoms in total. The van der Waals surface area contributed by atoms with Crippen LogP contribution in [0.4, 0.5) is 0 Å². The summed E-state index contributed by atoms with van der Waals surface area (Å²) in [6.45, 7) is 0.382. The molecule has 3 amide bonds. The number of fused-ring (bicyclic) bond motifs is 1. The molecule has 0 aliphatic carbocycles. The number of aliphatic carboxylic acids is 1. The van der Waals surface area contributed by atoms with E-state index in [1.165, 1.54) is 18.9 Å². The van der Waals surface area contributed by atoms with E-state index in [4.69, 9.17) is 11.5 Å². The van der Waals surface area contributed by atoms with Gasteiger partial charge in [0.25, 0.3) is 0 Å². The molecule has 0 bridgehead atoms. The van der Waals surface area contributed by atoms with Gasteiger partial charge < -0.3 is 47.5 Å². The van der Waals surface area contributed by atoms with E-state index in [2.05, 4.69) is 40.9 Å². The zero-order valence-electron chi connectivity index (χ0n) is 24.1. The molecule has 4 unspecified atom stereocenters. The summed E-state index contributed by atoms with van der Waals surface area (Å²) in [6, 6.07) is 3.03. The second-order valence-electron chi connectivity index (χ2n) is 10.5. The summed E-state index contributed by atoms with van der Waals surface area (Å²) in [6.07, 6.45) is 9.24. The first-order chi connectivity index (χ1) is 21.2. The minimum absolute atomic E-state index is 0.0290. The lowest BCUT2D eigenvalue weighted by Crippen LogP contribution is -2.58. The molecular formula is C29H38N10O5. The third-order valence-corrected chi connectivity index (χ3v) is 7.24. The van der Waals surface area contributed by atoms with Crippen molar-refractivity contribution in [2.75, 3.05) is 6.54 Å². The van der Waals surface area contributed by atoms with Gasteiger partial charge in [0.15, 0.2) is 0 Å². The number of rotatable bonds is 17. The Morgan fingerprint density at radius 3 is 2.09 bits per heavy atom. The van der Waals surface area contributed by atoms with Gasteiger partial charge in [-0.15, -0.1) is 0 Å². The fourth-order valence-corrected chi connectivity index (χ4v) is 4.86. The van der Waals surface area contributed by atoms with Crippen molar-refractivity contribution >= 4 is 34.6 Å². The maximum absolute atomic E-state index is 13.6. The molecule has 4 atom stereocenters. The minimum atomic E-state index is -1.25. The Labute approximate surface area is 253 Å². The van der Waals surface area contributed by atoms with Gasteiger partial charge in [-0.3, -0.25) is 14.4 Å². The normalized spacial score (nSPS) is 14.0. The van der Waals surface area contributed by atoms with Gasteiger partial charge in [0.05, 0.1) is 18.7 Å². The summed E-state index contributed by atoms with van der Waals surface area (Å²) in [5.74, 6) is -3.09. The standard InChI is InChI=1S/C29H38N10O5/c30-8-4-3-7-23(27(41)39-25(29(43)44)9-17-12-34-22-6-2-1-5-20(17)22)37-28(42)24(11-19-14-33-16-36-19)38-26(40)21(31)10-18-13-32-15-35-18/h1-2,5-6,12-16,21,23-25,34H,3-4,7-11,30-31H2,(H,32,35)(H,33,36)(H,37,42)(H,38,40)(H,39,41)(H,43,44). The predicted octanol–water partition coefficient (Wildman–Crippen LogP) is -0.363. The Bertz CT molecular complexity index is 1520. The van der Waals surface area contributed by atoms with Crippen molar-refractivity contribution in [2.45, 2.75) is 62.7 Å². The molecule has 0 saturated heterocycles. The highest BCUT2D eigenvalue weighted by Crippen LogP contribution is 2.19. The maximum atomic E-state index is 13.6. The molecule has 3 heterocycles. The van der Waals surface area contributed by atoms with Crippen LogP contribution < -0.4 is 27.4 Å². The Kier molecular flexibility index (Phi) is 11.2. The average Bonchev–Trinajstić information content (AvgIpc) is 3.79. The topological polar surface area (TPSA) is 250 Å². The van der Waals surface area contributed by atoms with Crippen LogP contribution in [-0.2, 0) is 38.4 Å². The van der Waals surface area contributed by atoms with Crippen molar-refractivity contribution in [3.63, 3.8) is 0 Å². The number of carbonyl (C=O) groups excluding carboxylic acids is 3. The van der Waals surface area contributed by atoms with Crippen LogP contribution in [0.25, 0.3) is 10.9 Å². The summed E-state index contributed by atoms with van der Waals surface area (Å²) in [4.78, 5) is 69.0. The van der Waals surface area contributed by atoms with E-state index in [0.717, 1.165) is 16.5 Å². The Balaban J connectivity index is 1.47. The molecule has 0 radical (unpaired) electrons. The monoisotopic (exact) mass is 606 g/mol. The van der Waals surface area contributed by atoms with Crippen molar-refractivity contribution in [1.82, 2.24) is 40.9 Å². The lowest BCUT2D eigenvalue weighted by molar-refractivity contribution is -0.142. The van der Waals surface area contributed by atoms with Crippen LogP contribution in [0, 0.1) is 0 Å². The van der Waals surface area contributed by atoms with Crippen LogP contribution in [0.15, 0.2) is 55.5 Å². The number of nitrogens with zero attached hydrogens (tertiary/aromatic N) is 2. The van der Waals surface area contributed by atoms with Crippen molar-refractivity contribution in [3.8, 4) is 0 Å². The van der Waals surface area contributed by atoms with Gasteiger partial charge in [0, 0.05) is 60.1 Å². The molecule has 0 aliphatic heterocycles. The number of carbonyl (C=O) groups is 4. The van der Waals surface area contributed by atoms with Gasteiger partial charge in [-0.2, -0.15) is 0 Å². The number of para-hydroxylation sites is 1. The van der Waals surface area contributed by atoms with Crippen LogP contribution in [-0.4, -0.2) is 84.4 Å². The van der Waals surface area contributed by atoms with Gasteiger partial charge in [0.2, 0.25) is 17.7 Å². The second-order valence-corrected chi connectivity index (χ2v) is 10.5. The number of aromatic amines is 3. The van der Waals surface area contributed by atoms with E-state index < -0.39 is 47.9 Å². The molecule has 15 heteroatoms. The number of H-pyrrole nitrogens is 3. The molecule has 234 valence electrons. The number of nitrogens with one attached hydrogen (secondary N) is 6. The van der Waals surface area contributed by atoms with Crippen molar-refractivity contribution in [3.05, 3.63) is 72.5 Å². The maximum Gasteiger partial charge on any atom is 0.326 e. The first kappa shape index (κ1) is 31.9. The van der Waals surface area contributed by atoms with Crippen LogP contribution in [0.1, 0.15) is 36.2 Å². The third kappa shape index (κ3) is 8.75. The molecule has 4 rings (SSSR count). The second kappa shape index (κ2) is 15.5. The summed E-state index contributed by atoms with van der Waals surface area (Å²) >= 11 is 0. The third-order valence-electron chi connectivity index (χ3n) is 7.24. The number of benzene rings is 1. The summed E-state index contributed by atoms with van der Waals surface area (Å²) in [5, 5.41) is 18.8. The van der Waals surface area contributed by atoms with E-state index in [9.17, 15) is 24.3 Å². The summed E-state index contributed by atoms with van der Waals surface area (Å²) in [5.41, 5.74) is 14.5. The SMILES string of the molecule is NCCCCC(NC(=O)C(Cc1cnc[nH]1)NC(=O)C(N)Cc1cnc[nH]1)C(=O)NC(Cc1c[nH]c2ccccc12)C(=O)O. The first-order valence-electron chi connectivity index (χ1n) is 14.3. The fraction of sp³-hybridized carbons (Fsp3) is 0.379. The summed E-state index contributed by atoms with van der Waals surface area (Å²) in [7, 11) is 0. The number of aromatic nitrogens is 5. The zero-order valence-corrected chi connectivity index (χ0v) is 24.1. The number of nitrogens with two attached hydrogens (primary N) is 2. The highest BCUT2D eigenvalue weighted by atomic mass is 16.4. The molecule has 0 fully saturated rings. The predicted molar refractivity (Wildman–Crippen MR) is 161 cm³/mol. The number of carboxylic acid groups (broad SMARTS) is 1. The Morgan fingerprint density at radius 1 is 0.795 bits per heavy atom. The largest absolute Gasteiger partial charge is 0.480 e. The average molecular weight is 607 g/mol. The number of unbranched alkanes of at least 4 members (excludes halogenated alkanes) is 1. The highest BCUT2D eigenvalue weighted by Gasteiger charge is 2.31. The molecular weight excluding hydrogens is 568 g/mol. The van der Waals surface area contributed by atoms with Crippen molar-refractivity contribution in [1.29, 1.82) is 0 Å². The number of amides is 3. The lowest BCUT2D eigenvalue weighted by Gasteiger charge is -2.25. The molecule has 3 aromatic heterocycles. The van der Waals surface area contributed by atoms with Gasteiger partial charge in [-0.25, -0.2) is 14.8 Å². The molecule has 11 N–H and O–H groups in total. The number of imidazole rings is 2. The quantitative estimate of drug-likeness (QED) is 0.0711. The summed E-state index contributed by atoms with van der Waals surface area (Å²) < 4.78 is 0. The minimum Gasteiger partial charge on any atom is -0.480 e. The van der Waals surface area contributed by atoms with E-state index in [0.29, 0.717) is 30.8 Å². The van der Waals surface area contributed by atoms with Crippen molar-refractivity contribution in [2.24, 2.45) is 11.5 Å². The van der Waals surface area contributed by atoms with Gasteiger partial charge in [0.1, 0.15) is 18.1 Å². The molecule has 4 aromatic rings. The molecule has 44 heavy (non-hydrogen) atoms. The van der Waals surface area contributed by atoms with Crippen molar-refractivity contribution < 1.29 is 24.3 Å². The van der Waals surface area contributed by atoms with Gasteiger partial charge in [-0.1, -0.05) is 18.2 Å². The fourth-order valence-electron chi connectivity index (χ4n) is 4.86. The van der Waals surface area contributed by atoms with Crippen LogP contribution in [0.2, 0.25) is 0 Å². The smallest absolute Gasteiger partial charge is 0.326 e. The number of carboxylic acids is 1. The number of hydrogen-bond acceptors (Lipinski definition) is 8. The van der Waals surface area contributed by atoms with Crippen LogP contribution >= 0.6 is 0 Å². The number of hydrogen-bond donors (Lipinski definition) is 9. The molecule has 0 spiro atoms. The zero-order chi connectivity index (χ0) is 31.5. The van der Waals surface area contributed by atoms with E-state index >= 15 is 0 Å². The first-order valence-corrected chi connectivity index (χ1v) is 14.3. The van der Waals surface area contributed by atoms with E-state index in [1.807, 2.05) is 24.3 Å². The van der Waals surface area contributed by atoms with Crippen LogP contribution in [0.3, 0.4) is 0 Å². The Morgan fingerprint density at radius 2 is 1.43 bits per heavy atom. The molecule has 0 saturated carbocycles. The highest BCUT2D eigenvalue weighted by molar-refractivity contribution is 5.94. The molecule has 0 aliphatic rings. The van der Waals surface area contributed by atoms with E-state index in [-0.39, 0.29) is 25.7 Å². The Hall–Kier alpha value is -5.02. The van der Waals surface area contributed by atoms with Crippen LogP contribution in [0.5, 0.6) is 0 Å². The lowest BCUT2D eigenvalue weighted by atomic mass is 10.0.